The highest BCUT2D eigenvalue weighted by Crippen LogP contribution is 2.31. The summed E-state index contributed by atoms with van der Waals surface area (Å²) in [5.74, 6) is -4.70. The van der Waals surface area contributed by atoms with Crippen LogP contribution in [0.4, 0.5) is 14.5 Å². The SMILES string of the molecule is Cc1ccc(C(F)(F)C(=O)Nc2cccc(-c3nc4ccccc4o3)c2)cc1. The van der Waals surface area contributed by atoms with Gasteiger partial charge in [-0.1, -0.05) is 48.0 Å². The van der Waals surface area contributed by atoms with Crippen LogP contribution in [0.1, 0.15) is 11.1 Å². The summed E-state index contributed by atoms with van der Waals surface area (Å²) in [7, 11) is 0. The molecule has 6 heteroatoms. The van der Waals surface area contributed by atoms with E-state index in [1.807, 2.05) is 18.2 Å². The number of benzene rings is 3. The van der Waals surface area contributed by atoms with Gasteiger partial charge in [0.05, 0.1) is 0 Å². The number of aromatic nitrogens is 1. The third-order valence-corrected chi connectivity index (χ3v) is 4.36. The van der Waals surface area contributed by atoms with Crippen molar-refractivity contribution in [3.05, 3.63) is 83.9 Å². The molecule has 1 heterocycles. The van der Waals surface area contributed by atoms with E-state index >= 15 is 0 Å². The van der Waals surface area contributed by atoms with Crippen molar-refractivity contribution in [2.75, 3.05) is 5.32 Å². The molecule has 4 nitrogen and oxygen atoms in total. The molecule has 0 radical (unpaired) electrons. The molecule has 4 aromatic rings. The number of fused-ring (bicyclic) bond motifs is 1. The van der Waals surface area contributed by atoms with E-state index in [2.05, 4.69) is 10.3 Å². The lowest BCUT2D eigenvalue weighted by Crippen LogP contribution is -2.32. The van der Waals surface area contributed by atoms with E-state index in [1.165, 1.54) is 18.2 Å². The number of halogens is 2. The molecule has 28 heavy (non-hydrogen) atoms. The van der Waals surface area contributed by atoms with Crippen LogP contribution in [0.3, 0.4) is 0 Å². The summed E-state index contributed by atoms with van der Waals surface area (Å²) in [4.78, 5) is 16.6. The number of rotatable bonds is 4. The largest absolute Gasteiger partial charge is 0.436 e. The van der Waals surface area contributed by atoms with Gasteiger partial charge in [-0.05, 0) is 37.3 Å². The fourth-order valence-electron chi connectivity index (χ4n) is 2.83. The lowest BCUT2D eigenvalue weighted by atomic mass is 10.1. The van der Waals surface area contributed by atoms with Gasteiger partial charge in [-0.3, -0.25) is 4.79 Å². The summed E-state index contributed by atoms with van der Waals surface area (Å²) in [5.41, 5.74) is 2.61. The Balaban J connectivity index is 1.59. The van der Waals surface area contributed by atoms with Crippen LogP contribution in [0.15, 0.2) is 77.2 Å². The van der Waals surface area contributed by atoms with E-state index in [4.69, 9.17) is 4.42 Å². The Hall–Kier alpha value is -3.54. The highest BCUT2D eigenvalue weighted by atomic mass is 19.3. The lowest BCUT2D eigenvalue weighted by Gasteiger charge is -2.16. The Morgan fingerprint density at radius 2 is 1.75 bits per heavy atom. The van der Waals surface area contributed by atoms with Crippen molar-refractivity contribution in [2.24, 2.45) is 0 Å². The van der Waals surface area contributed by atoms with Crippen LogP contribution < -0.4 is 5.32 Å². The standard InChI is InChI=1S/C22H16F2N2O2/c1-14-9-11-16(12-10-14)22(23,24)21(27)25-17-6-4-5-15(13-17)20-26-18-7-2-3-8-19(18)28-20/h2-13H,1H3,(H,25,27). The average molecular weight is 378 g/mol. The minimum Gasteiger partial charge on any atom is -0.436 e. The predicted molar refractivity (Wildman–Crippen MR) is 103 cm³/mol. The maximum atomic E-state index is 14.5. The smallest absolute Gasteiger partial charge is 0.350 e. The van der Waals surface area contributed by atoms with Crippen molar-refractivity contribution in [1.82, 2.24) is 4.98 Å². The molecule has 0 unspecified atom stereocenters. The topological polar surface area (TPSA) is 55.1 Å². The van der Waals surface area contributed by atoms with Crippen LogP contribution in [0.25, 0.3) is 22.6 Å². The first-order valence-corrected chi connectivity index (χ1v) is 8.66. The first kappa shape index (κ1) is 17.9. The Labute approximate surface area is 159 Å². The summed E-state index contributed by atoms with van der Waals surface area (Å²) in [6, 6.07) is 19.3. The van der Waals surface area contributed by atoms with Crippen LogP contribution in [0.2, 0.25) is 0 Å². The Morgan fingerprint density at radius 1 is 1.00 bits per heavy atom. The van der Waals surface area contributed by atoms with Gasteiger partial charge in [0, 0.05) is 16.8 Å². The molecule has 0 spiro atoms. The number of carbonyl (C=O) groups excluding carboxylic acids is 1. The molecule has 0 aliphatic heterocycles. The predicted octanol–water partition coefficient (Wildman–Crippen LogP) is 5.53. The summed E-state index contributed by atoms with van der Waals surface area (Å²) in [6.07, 6.45) is 0. The minimum atomic E-state index is -3.65. The Bertz CT molecular complexity index is 1120. The molecule has 0 atom stereocenters. The molecule has 0 aliphatic rings. The quantitative estimate of drug-likeness (QED) is 0.508. The number of oxazole rings is 1. The van der Waals surface area contributed by atoms with Crippen molar-refractivity contribution in [1.29, 1.82) is 0 Å². The first-order valence-electron chi connectivity index (χ1n) is 8.66. The second kappa shape index (κ2) is 6.88. The molecule has 0 saturated carbocycles. The molecule has 0 fully saturated rings. The zero-order valence-corrected chi connectivity index (χ0v) is 14.9. The summed E-state index contributed by atoms with van der Waals surface area (Å²) >= 11 is 0. The lowest BCUT2D eigenvalue weighted by molar-refractivity contribution is -0.140. The number of hydrogen-bond acceptors (Lipinski definition) is 3. The van der Waals surface area contributed by atoms with Crippen LogP contribution in [0.5, 0.6) is 0 Å². The van der Waals surface area contributed by atoms with Gasteiger partial charge in [0.2, 0.25) is 5.89 Å². The molecular formula is C22H16F2N2O2. The van der Waals surface area contributed by atoms with Crippen LogP contribution in [-0.2, 0) is 10.7 Å². The summed E-state index contributed by atoms with van der Waals surface area (Å²) in [5, 5.41) is 2.28. The van der Waals surface area contributed by atoms with Crippen LogP contribution >= 0.6 is 0 Å². The van der Waals surface area contributed by atoms with Crippen LogP contribution in [0, 0.1) is 6.92 Å². The molecule has 1 aromatic heterocycles. The van der Waals surface area contributed by atoms with E-state index in [-0.39, 0.29) is 11.3 Å². The normalized spacial score (nSPS) is 11.5. The fraction of sp³-hybridized carbons (Fsp3) is 0.0909. The fourth-order valence-corrected chi connectivity index (χ4v) is 2.83. The summed E-state index contributed by atoms with van der Waals surface area (Å²) < 4.78 is 34.7. The number of alkyl halides is 2. The maximum Gasteiger partial charge on any atom is 0.350 e. The molecule has 1 N–H and O–H groups in total. The van der Waals surface area contributed by atoms with Gasteiger partial charge in [0.1, 0.15) is 5.52 Å². The number of anilines is 1. The minimum absolute atomic E-state index is 0.233. The Kier molecular flexibility index (Phi) is 4.39. The molecule has 3 aromatic carbocycles. The van der Waals surface area contributed by atoms with E-state index in [0.29, 0.717) is 22.6 Å². The van der Waals surface area contributed by atoms with Gasteiger partial charge in [-0.2, -0.15) is 8.78 Å². The number of nitrogens with zero attached hydrogens (tertiary/aromatic N) is 1. The van der Waals surface area contributed by atoms with Gasteiger partial charge < -0.3 is 9.73 Å². The van der Waals surface area contributed by atoms with Crippen molar-refractivity contribution >= 4 is 22.7 Å². The van der Waals surface area contributed by atoms with Crippen molar-refractivity contribution < 1.29 is 18.0 Å². The van der Waals surface area contributed by atoms with E-state index < -0.39 is 11.8 Å². The number of para-hydroxylation sites is 2. The molecule has 4 rings (SSSR count). The number of aryl methyl sites for hydroxylation is 1. The average Bonchev–Trinajstić information content (AvgIpc) is 3.13. The van der Waals surface area contributed by atoms with E-state index in [0.717, 1.165) is 5.56 Å². The third kappa shape index (κ3) is 3.36. The number of carbonyl (C=O) groups is 1. The van der Waals surface area contributed by atoms with Gasteiger partial charge in [0.25, 0.3) is 5.91 Å². The Morgan fingerprint density at radius 3 is 2.50 bits per heavy atom. The number of nitrogens with one attached hydrogen (secondary N) is 1. The monoisotopic (exact) mass is 378 g/mol. The van der Waals surface area contributed by atoms with Gasteiger partial charge in [-0.25, -0.2) is 4.98 Å². The zero-order valence-electron chi connectivity index (χ0n) is 14.9. The molecule has 0 bridgehead atoms. The summed E-state index contributed by atoms with van der Waals surface area (Å²) in [6.45, 7) is 1.79. The highest BCUT2D eigenvalue weighted by Gasteiger charge is 2.40. The molecule has 1 amide bonds. The second-order valence-corrected chi connectivity index (χ2v) is 6.46. The molecule has 140 valence electrons. The molecule has 0 saturated heterocycles. The number of amides is 1. The third-order valence-electron chi connectivity index (χ3n) is 4.36. The first-order chi connectivity index (χ1) is 13.4. The zero-order chi connectivity index (χ0) is 19.7. The van der Waals surface area contributed by atoms with E-state index in [9.17, 15) is 13.6 Å². The van der Waals surface area contributed by atoms with Crippen molar-refractivity contribution in [3.63, 3.8) is 0 Å². The van der Waals surface area contributed by atoms with Gasteiger partial charge >= 0.3 is 5.92 Å². The maximum absolute atomic E-state index is 14.5. The van der Waals surface area contributed by atoms with Crippen LogP contribution in [-0.4, -0.2) is 10.9 Å². The molecule has 0 aliphatic carbocycles. The second-order valence-electron chi connectivity index (χ2n) is 6.46. The van der Waals surface area contributed by atoms with Gasteiger partial charge in [0.15, 0.2) is 5.58 Å². The van der Waals surface area contributed by atoms with E-state index in [1.54, 1.807) is 43.3 Å². The molecular weight excluding hydrogens is 362 g/mol. The van der Waals surface area contributed by atoms with Gasteiger partial charge in [-0.15, -0.1) is 0 Å². The number of hydrogen-bond donors (Lipinski definition) is 1. The van der Waals surface area contributed by atoms with Crippen molar-refractivity contribution in [2.45, 2.75) is 12.8 Å². The highest BCUT2D eigenvalue weighted by molar-refractivity contribution is 5.97. The van der Waals surface area contributed by atoms with Crippen molar-refractivity contribution in [3.8, 4) is 11.5 Å².